The van der Waals surface area contributed by atoms with Crippen molar-refractivity contribution in [2.45, 2.75) is 45.3 Å². The van der Waals surface area contributed by atoms with Gasteiger partial charge in [-0.3, -0.25) is 5.10 Å². The number of ether oxygens (including phenoxy) is 3. The molecule has 2 heterocycles. The highest BCUT2D eigenvalue weighted by atomic mass is 19.3. The average molecular weight is 541 g/mol. The van der Waals surface area contributed by atoms with E-state index in [4.69, 9.17) is 19.9 Å². The molecule has 4 aromatic rings. The van der Waals surface area contributed by atoms with E-state index in [1.165, 1.54) is 33.1 Å². The minimum absolute atomic E-state index is 0.222. The van der Waals surface area contributed by atoms with Crippen molar-refractivity contribution in [2.75, 3.05) is 38.5 Å². The molecule has 0 aliphatic rings. The normalized spacial score (nSPS) is 13.0. The van der Waals surface area contributed by atoms with Crippen LogP contribution in [0, 0.1) is 6.92 Å². The number of halogens is 2. The van der Waals surface area contributed by atoms with Crippen LogP contribution in [-0.4, -0.2) is 53.2 Å². The molecule has 11 heteroatoms. The number of aryl methyl sites for hydroxylation is 1. The minimum Gasteiger partial charge on any atom is -0.490 e. The molecule has 0 radical (unpaired) electrons. The molecular weight excluding hydrogens is 506 g/mol. The van der Waals surface area contributed by atoms with Crippen LogP contribution >= 0.6 is 0 Å². The fourth-order valence-corrected chi connectivity index (χ4v) is 4.22. The van der Waals surface area contributed by atoms with Crippen molar-refractivity contribution in [3.63, 3.8) is 0 Å². The molecule has 0 bridgehead atoms. The van der Waals surface area contributed by atoms with E-state index in [9.17, 15) is 0 Å². The number of nitrogens with one attached hydrogen (secondary N) is 2. The zero-order chi connectivity index (χ0) is 28.4. The molecule has 0 aliphatic heterocycles. The van der Waals surface area contributed by atoms with Crippen molar-refractivity contribution in [3.8, 4) is 17.0 Å². The maximum atomic E-state index is 15.3. The number of alkyl halides is 2. The average Bonchev–Trinajstić information content (AvgIpc) is 3.43. The van der Waals surface area contributed by atoms with Crippen LogP contribution in [0.5, 0.6) is 5.75 Å². The predicted octanol–water partition coefficient (Wildman–Crippen LogP) is 5.63. The number of aromatic nitrogens is 4. The van der Waals surface area contributed by atoms with Crippen LogP contribution in [0.4, 0.5) is 20.3 Å². The summed E-state index contributed by atoms with van der Waals surface area (Å²) < 4.78 is 46.9. The lowest BCUT2D eigenvalue weighted by Crippen LogP contribution is -2.42. The van der Waals surface area contributed by atoms with Crippen LogP contribution in [-0.2, 0) is 15.4 Å². The first-order valence-corrected chi connectivity index (χ1v) is 12.5. The second-order valence-corrected chi connectivity index (χ2v) is 9.84. The summed E-state index contributed by atoms with van der Waals surface area (Å²) in [6.45, 7) is 7.09. The van der Waals surface area contributed by atoms with Crippen molar-refractivity contribution in [1.29, 1.82) is 0 Å². The first-order chi connectivity index (χ1) is 18.5. The Kier molecular flexibility index (Phi) is 8.03. The van der Waals surface area contributed by atoms with Crippen LogP contribution in [0.3, 0.4) is 0 Å². The number of benzene rings is 2. The molecule has 39 heavy (non-hydrogen) atoms. The summed E-state index contributed by atoms with van der Waals surface area (Å²) in [5.41, 5.74) is 7.17. The summed E-state index contributed by atoms with van der Waals surface area (Å²) in [5.74, 6) is -1.60. The van der Waals surface area contributed by atoms with Crippen molar-refractivity contribution in [3.05, 3.63) is 59.5 Å². The van der Waals surface area contributed by atoms with Crippen molar-refractivity contribution >= 4 is 22.4 Å². The Balaban J connectivity index is 1.75. The van der Waals surface area contributed by atoms with Gasteiger partial charge in [-0.15, -0.1) is 0 Å². The van der Waals surface area contributed by atoms with Gasteiger partial charge in [-0.25, -0.2) is 9.97 Å². The molecule has 0 unspecified atom stereocenters. The van der Waals surface area contributed by atoms with E-state index in [1.54, 1.807) is 26.3 Å². The zero-order valence-corrected chi connectivity index (χ0v) is 22.9. The van der Waals surface area contributed by atoms with Crippen molar-refractivity contribution in [1.82, 2.24) is 20.2 Å². The number of fused-ring (bicyclic) bond motifs is 1. The summed E-state index contributed by atoms with van der Waals surface area (Å²) in [4.78, 5) is 9.24. The van der Waals surface area contributed by atoms with Crippen LogP contribution in [0.15, 0.2) is 42.6 Å². The maximum Gasteiger partial charge on any atom is 0.301 e. The van der Waals surface area contributed by atoms with Crippen molar-refractivity contribution < 1.29 is 23.0 Å². The molecule has 0 fully saturated rings. The predicted molar refractivity (Wildman–Crippen MR) is 147 cm³/mol. The largest absolute Gasteiger partial charge is 0.490 e. The van der Waals surface area contributed by atoms with E-state index in [2.05, 4.69) is 25.5 Å². The van der Waals surface area contributed by atoms with Crippen LogP contribution in [0.1, 0.15) is 43.8 Å². The lowest BCUT2D eigenvalue weighted by atomic mass is 9.90. The third-order valence-electron chi connectivity index (χ3n) is 6.70. The standard InChI is InChI=1S/C28H34F2N6O3/c1-16(18-11-19(13-20(31)12-18)28(29,30)27(3,4)38-6)33-26-22-15-25(39-10-9-37-5)21(23-7-8-32-36-23)14-24(22)34-17(2)35-26/h7-8,11-16H,9-10,31H2,1-6H3,(H,32,36)(H,33,34,35)/t16-/m1/s1. The topological polar surface area (TPSA) is 120 Å². The zero-order valence-electron chi connectivity index (χ0n) is 22.9. The Morgan fingerprint density at radius 3 is 2.51 bits per heavy atom. The second-order valence-electron chi connectivity index (χ2n) is 9.84. The second kappa shape index (κ2) is 11.1. The molecule has 0 amide bonds. The number of anilines is 2. The van der Waals surface area contributed by atoms with E-state index in [0.717, 1.165) is 11.3 Å². The smallest absolute Gasteiger partial charge is 0.301 e. The van der Waals surface area contributed by atoms with Gasteiger partial charge in [0.05, 0.1) is 23.9 Å². The van der Waals surface area contributed by atoms with E-state index in [0.29, 0.717) is 47.1 Å². The number of H-pyrrole nitrogens is 1. The van der Waals surface area contributed by atoms with Gasteiger partial charge in [0.1, 0.15) is 29.6 Å². The molecule has 9 nitrogen and oxygen atoms in total. The first kappa shape index (κ1) is 28.2. The van der Waals surface area contributed by atoms with Crippen LogP contribution in [0.2, 0.25) is 0 Å². The van der Waals surface area contributed by atoms with Gasteiger partial charge < -0.3 is 25.3 Å². The monoisotopic (exact) mass is 540 g/mol. The maximum absolute atomic E-state index is 15.3. The lowest BCUT2D eigenvalue weighted by molar-refractivity contribution is -0.184. The number of nitrogen functional groups attached to an aromatic ring is 1. The number of nitrogens with zero attached hydrogens (tertiary/aromatic N) is 3. The number of aromatic amines is 1. The molecule has 0 aliphatic carbocycles. The molecule has 1 atom stereocenters. The molecule has 0 saturated heterocycles. The van der Waals surface area contributed by atoms with Crippen LogP contribution < -0.4 is 15.8 Å². The van der Waals surface area contributed by atoms with Gasteiger partial charge in [0.2, 0.25) is 0 Å². The Labute approximate surface area is 226 Å². The Morgan fingerprint density at radius 1 is 1.08 bits per heavy atom. The summed E-state index contributed by atoms with van der Waals surface area (Å²) in [6.07, 6.45) is 1.66. The van der Waals surface area contributed by atoms with Gasteiger partial charge in [-0.1, -0.05) is 0 Å². The van der Waals surface area contributed by atoms with E-state index in [1.807, 2.05) is 25.1 Å². The fraction of sp³-hybridized carbons (Fsp3) is 0.393. The number of nitrogens with two attached hydrogens (primary N) is 1. The summed E-state index contributed by atoms with van der Waals surface area (Å²) in [5, 5.41) is 11.1. The first-order valence-electron chi connectivity index (χ1n) is 12.5. The van der Waals surface area contributed by atoms with E-state index < -0.39 is 17.6 Å². The Hall–Kier alpha value is -3.83. The quantitative estimate of drug-likeness (QED) is 0.165. The highest BCUT2D eigenvalue weighted by Crippen LogP contribution is 2.42. The van der Waals surface area contributed by atoms with Crippen molar-refractivity contribution in [2.24, 2.45) is 0 Å². The molecule has 208 valence electrons. The highest BCUT2D eigenvalue weighted by Gasteiger charge is 2.49. The molecule has 4 N–H and O–H groups in total. The van der Waals surface area contributed by atoms with Gasteiger partial charge in [-0.05, 0) is 69.7 Å². The Bertz CT molecular complexity index is 1440. The molecule has 4 rings (SSSR count). The van der Waals surface area contributed by atoms with Gasteiger partial charge in [0.25, 0.3) is 0 Å². The summed E-state index contributed by atoms with van der Waals surface area (Å²) in [7, 11) is 2.87. The fourth-order valence-electron chi connectivity index (χ4n) is 4.22. The molecule has 2 aromatic carbocycles. The lowest BCUT2D eigenvalue weighted by Gasteiger charge is -2.33. The minimum atomic E-state index is -3.28. The summed E-state index contributed by atoms with van der Waals surface area (Å²) in [6, 6.07) is 9.58. The number of methoxy groups -OCH3 is 2. The third kappa shape index (κ3) is 5.79. The van der Waals surface area contributed by atoms with E-state index in [-0.39, 0.29) is 11.3 Å². The SMILES string of the molecule is COCCOc1cc2c(N[C@H](C)c3cc(N)cc(C(F)(F)C(C)(C)OC)c3)nc(C)nc2cc1-c1ccn[nH]1. The van der Waals surface area contributed by atoms with Crippen LogP contribution in [0.25, 0.3) is 22.2 Å². The number of hydrogen-bond acceptors (Lipinski definition) is 8. The molecule has 0 saturated carbocycles. The van der Waals surface area contributed by atoms with Gasteiger partial charge >= 0.3 is 5.92 Å². The molecular formula is C28H34F2N6O3. The number of rotatable bonds is 11. The van der Waals surface area contributed by atoms with Gasteiger partial charge in [-0.2, -0.15) is 13.9 Å². The summed E-state index contributed by atoms with van der Waals surface area (Å²) >= 11 is 0. The third-order valence-corrected chi connectivity index (χ3v) is 6.70. The molecule has 2 aromatic heterocycles. The Morgan fingerprint density at radius 2 is 1.85 bits per heavy atom. The highest BCUT2D eigenvalue weighted by molar-refractivity contribution is 5.94. The number of hydrogen-bond donors (Lipinski definition) is 3. The van der Waals surface area contributed by atoms with Gasteiger partial charge in [0, 0.05) is 42.6 Å². The van der Waals surface area contributed by atoms with E-state index >= 15 is 8.78 Å². The van der Waals surface area contributed by atoms with Gasteiger partial charge in [0.15, 0.2) is 0 Å². The molecule has 0 spiro atoms.